The maximum Gasteiger partial charge on any atom is 0.330 e. The van der Waals surface area contributed by atoms with Crippen LogP contribution in [0.4, 0.5) is 4.39 Å². The minimum Gasteiger partial charge on any atom is -0.454 e. The third-order valence-corrected chi connectivity index (χ3v) is 4.73. The summed E-state index contributed by atoms with van der Waals surface area (Å²) in [5, 5.41) is 2.56. The van der Waals surface area contributed by atoms with Crippen LogP contribution in [0.25, 0.3) is 0 Å². The Labute approximate surface area is 172 Å². The zero-order valence-electron chi connectivity index (χ0n) is 16.6. The van der Waals surface area contributed by atoms with Gasteiger partial charge in [-0.05, 0) is 35.7 Å². The van der Waals surface area contributed by atoms with E-state index in [2.05, 4.69) is 5.32 Å². The van der Waals surface area contributed by atoms with Gasteiger partial charge in [0, 0.05) is 6.54 Å². The van der Waals surface area contributed by atoms with Gasteiger partial charge >= 0.3 is 5.97 Å². The zero-order valence-corrected chi connectivity index (χ0v) is 16.6. The number of carbonyl (C=O) groups is 4. The Morgan fingerprint density at radius 1 is 1.00 bits per heavy atom. The summed E-state index contributed by atoms with van der Waals surface area (Å²) in [6.45, 7) is 2.95. The van der Waals surface area contributed by atoms with Gasteiger partial charge in [-0.25, -0.2) is 9.18 Å². The van der Waals surface area contributed by atoms with E-state index in [9.17, 15) is 23.6 Å². The van der Waals surface area contributed by atoms with Crippen molar-refractivity contribution < 1.29 is 28.3 Å². The number of imide groups is 1. The third kappa shape index (κ3) is 4.37. The van der Waals surface area contributed by atoms with Crippen LogP contribution in [0.2, 0.25) is 0 Å². The highest BCUT2D eigenvalue weighted by molar-refractivity contribution is 6.22. The molecule has 1 aliphatic rings. The molecule has 1 heterocycles. The lowest BCUT2D eigenvalue weighted by molar-refractivity contribution is -0.153. The van der Waals surface area contributed by atoms with Crippen LogP contribution in [0, 0.1) is 11.7 Å². The molecule has 3 rings (SSSR count). The molecule has 0 radical (unpaired) electrons. The molecule has 30 heavy (non-hydrogen) atoms. The van der Waals surface area contributed by atoms with Crippen molar-refractivity contribution in [2.24, 2.45) is 5.92 Å². The fraction of sp³-hybridized carbons (Fsp3) is 0.273. The Morgan fingerprint density at radius 3 is 2.10 bits per heavy atom. The SMILES string of the molecule is CC(C)[C@@H](C(=O)OCC(=O)NCc1ccc(F)cc1)N1C(=O)c2ccccc2C1=O. The van der Waals surface area contributed by atoms with Crippen molar-refractivity contribution in [2.75, 3.05) is 6.61 Å². The summed E-state index contributed by atoms with van der Waals surface area (Å²) < 4.78 is 18.0. The van der Waals surface area contributed by atoms with E-state index in [-0.39, 0.29) is 23.5 Å². The topological polar surface area (TPSA) is 92.8 Å². The maximum absolute atomic E-state index is 12.9. The Balaban J connectivity index is 1.61. The van der Waals surface area contributed by atoms with Crippen molar-refractivity contribution in [3.8, 4) is 0 Å². The van der Waals surface area contributed by atoms with Crippen molar-refractivity contribution in [2.45, 2.75) is 26.4 Å². The summed E-state index contributed by atoms with van der Waals surface area (Å²) in [6, 6.07) is 10.8. The quantitative estimate of drug-likeness (QED) is 0.557. The van der Waals surface area contributed by atoms with Crippen LogP contribution in [0.5, 0.6) is 0 Å². The minimum absolute atomic E-state index is 0.142. The Morgan fingerprint density at radius 2 is 1.57 bits per heavy atom. The second kappa shape index (κ2) is 8.86. The number of rotatable bonds is 7. The number of ether oxygens (including phenoxy) is 1. The van der Waals surface area contributed by atoms with Crippen molar-refractivity contribution in [1.29, 1.82) is 0 Å². The summed E-state index contributed by atoms with van der Waals surface area (Å²) in [5.74, 6) is -3.32. The van der Waals surface area contributed by atoms with Crippen LogP contribution in [-0.2, 0) is 20.9 Å². The first-order chi connectivity index (χ1) is 14.3. The lowest BCUT2D eigenvalue weighted by Crippen LogP contribution is -2.49. The van der Waals surface area contributed by atoms with Gasteiger partial charge < -0.3 is 10.1 Å². The Bertz CT molecular complexity index is 952. The van der Waals surface area contributed by atoms with Gasteiger partial charge in [-0.15, -0.1) is 0 Å². The minimum atomic E-state index is -1.15. The second-order valence-electron chi connectivity index (χ2n) is 7.23. The van der Waals surface area contributed by atoms with Crippen LogP contribution in [0.3, 0.4) is 0 Å². The van der Waals surface area contributed by atoms with Gasteiger partial charge in [0.15, 0.2) is 6.61 Å². The van der Waals surface area contributed by atoms with Crippen LogP contribution >= 0.6 is 0 Å². The Hall–Kier alpha value is -3.55. The van der Waals surface area contributed by atoms with Gasteiger partial charge in [0.1, 0.15) is 11.9 Å². The molecule has 1 atom stereocenters. The average Bonchev–Trinajstić information content (AvgIpc) is 2.97. The normalized spacial score (nSPS) is 13.9. The van der Waals surface area contributed by atoms with E-state index in [0.717, 1.165) is 4.90 Å². The molecule has 1 N–H and O–H groups in total. The fourth-order valence-electron chi connectivity index (χ4n) is 3.21. The highest BCUT2D eigenvalue weighted by Gasteiger charge is 2.44. The number of hydrogen-bond acceptors (Lipinski definition) is 5. The molecular weight excluding hydrogens is 391 g/mol. The van der Waals surface area contributed by atoms with E-state index in [4.69, 9.17) is 4.74 Å². The molecule has 0 unspecified atom stereocenters. The number of halogens is 1. The summed E-state index contributed by atoms with van der Waals surface area (Å²) in [4.78, 5) is 50.9. The van der Waals surface area contributed by atoms with Crippen molar-refractivity contribution in [1.82, 2.24) is 10.2 Å². The van der Waals surface area contributed by atoms with Gasteiger partial charge in [-0.1, -0.05) is 38.1 Å². The Kier molecular flexibility index (Phi) is 6.25. The summed E-state index contributed by atoms with van der Waals surface area (Å²) in [7, 11) is 0. The predicted octanol–water partition coefficient (Wildman–Crippen LogP) is 2.31. The number of fused-ring (bicyclic) bond motifs is 1. The fourth-order valence-corrected chi connectivity index (χ4v) is 3.21. The van der Waals surface area contributed by atoms with Gasteiger partial charge in [-0.3, -0.25) is 19.3 Å². The number of carbonyl (C=O) groups excluding carboxylic acids is 4. The number of nitrogens with zero attached hydrogens (tertiary/aromatic N) is 1. The van der Waals surface area contributed by atoms with Gasteiger partial charge in [0.2, 0.25) is 0 Å². The van der Waals surface area contributed by atoms with Crippen molar-refractivity contribution >= 4 is 23.7 Å². The molecule has 156 valence electrons. The van der Waals surface area contributed by atoms with Crippen molar-refractivity contribution in [3.05, 3.63) is 71.0 Å². The summed E-state index contributed by atoms with van der Waals surface area (Å²) >= 11 is 0. The molecule has 0 saturated heterocycles. The van der Waals surface area contributed by atoms with Crippen LogP contribution < -0.4 is 5.32 Å². The first kappa shape index (κ1) is 21.2. The maximum atomic E-state index is 12.9. The highest BCUT2D eigenvalue weighted by atomic mass is 19.1. The second-order valence-corrected chi connectivity index (χ2v) is 7.23. The van der Waals surface area contributed by atoms with E-state index in [1.165, 1.54) is 36.4 Å². The van der Waals surface area contributed by atoms with Crippen LogP contribution in [0.1, 0.15) is 40.1 Å². The number of hydrogen-bond donors (Lipinski definition) is 1. The molecule has 1 aliphatic heterocycles. The molecule has 0 aliphatic carbocycles. The largest absolute Gasteiger partial charge is 0.454 e. The molecule has 0 fully saturated rings. The van der Waals surface area contributed by atoms with Crippen LogP contribution in [-0.4, -0.2) is 41.2 Å². The first-order valence-electron chi connectivity index (χ1n) is 9.44. The molecule has 0 aromatic heterocycles. The van der Waals surface area contributed by atoms with E-state index >= 15 is 0 Å². The van der Waals surface area contributed by atoms with E-state index in [1.807, 2.05) is 0 Å². The molecular formula is C22H21FN2O5. The monoisotopic (exact) mass is 412 g/mol. The molecule has 7 nitrogen and oxygen atoms in total. The standard InChI is InChI=1S/C22H21FN2O5/c1-13(2)19(25-20(27)16-5-3-4-6-17(16)21(25)28)22(29)30-12-18(26)24-11-14-7-9-15(23)10-8-14/h3-10,13,19H,11-12H2,1-2H3,(H,24,26)/t19-/m0/s1. The zero-order chi connectivity index (χ0) is 21.8. The molecule has 3 amide bonds. The van der Waals surface area contributed by atoms with Crippen LogP contribution in [0.15, 0.2) is 48.5 Å². The molecule has 0 spiro atoms. The van der Waals surface area contributed by atoms with E-state index in [1.54, 1.807) is 26.0 Å². The third-order valence-electron chi connectivity index (χ3n) is 4.73. The molecule has 2 aromatic rings. The molecule has 8 heteroatoms. The lowest BCUT2D eigenvalue weighted by atomic mass is 10.0. The first-order valence-corrected chi connectivity index (χ1v) is 9.44. The number of nitrogens with one attached hydrogen (secondary N) is 1. The number of esters is 1. The molecule has 2 aromatic carbocycles. The van der Waals surface area contributed by atoms with Crippen molar-refractivity contribution in [3.63, 3.8) is 0 Å². The average molecular weight is 412 g/mol. The number of amides is 3. The smallest absolute Gasteiger partial charge is 0.330 e. The van der Waals surface area contributed by atoms with Gasteiger partial charge in [0.25, 0.3) is 17.7 Å². The van der Waals surface area contributed by atoms with Gasteiger partial charge in [0.05, 0.1) is 11.1 Å². The van der Waals surface area contributed by atoms with E-state index in [0.29, 0.717) is 5.56 Å². The predicted molar refractivity (Wildman–Crippen MR) is 105 cm³/mol. The highest BCUT2D eigenvalue weighted by Crippen LogP contribution is 2.27. The number of benzene rings is 2. The summed E-state index contributed by atoms with van der Waals surface area (Å²) in [5.41, 5.74) is 1.15. The molecule has 0 bridgehead atoms. The molecule has 0 saturated carbocycles. The summed E-state index contributed by atoms with van der Waals surface area (Å²) in [6.07, 6.45) is 0. The van der Waals surface area contributed by atoms with Gasteiger partial charge in [-0.2, -0.15) is 0 Å². The lowest BCUT2D eigenvalue weighted by Gasteiger charge is -2.27. The van der Waals surface area contributed by atoms with E-state index < -0.39 is 42.3 Å².